The fourth-order valence-corrected chi connectivity index (χ4v) is 3.80. The number of aryl methyl sites for hydroxylation is 1. The van der Waals surface area contributed by atoms with E-state index in [9.17, 15) is 13.2 Å². The maximum atomic E-state index is 12.1. The minimum atomic E-state index is -3.69. The molecule has 0 aliphatic heterocycles. The average molecular weight is 417 g/mol. The topological polar surface area (TPSA) is 114 Å². The Balaban J connectivity index is 1.52. The zero-order chi connectivity index (χ0) is 20.1. The first-order chi connectivity index (χ1) is 13.3. The summed E-state index contributed by atoms with van der Waals surface area (Å²) in [6.45, 7) is 2.25. The van der Waals surface area contributed by atoms with Gasteiger partial charge in [0.25, 0.3) is 0 Å². The Kier molecular flexibility index (Phi) is 6.08. The molecule has 0 bridgehead atoms. The summed E-state index contributed by atoms with van der Waals surface area (Å²) in [5.74, 6) is 0. The molecule has 0 saturated heterocycles. The van der Waals surface area contributed by atoms with Crippen LogP contribution in [0.15, 0.2) is 58.8 Å². The van der Waals surface area contributed by atoms with Crippen molar-refractivity contribution in [3.8, 4) is 10.6 Å². The van der Waals surface area contributed by atoms with Gasteiger partial charge in [-0.25, -0.2) is 18.4 Å². The highest BCUT2D eigenvalue weighted by molar-refractivity contribution is 7.89. The van der Waals surface area contributed by atoms with E-state index in [1.165, 1.54) is 12.1 Å². The highest BCUT2D eigenvalue weighted by Gasteiger charge is 2.09. The molecule has 146 valence electrons. The first-order valence-corrected chi connectivity index (χ1v) is 10.9. The van der Waals surface area contributed by atoms with E-state index < -0.39 is 10.0 Å². The van der Waals surface area contributed by atoms with Gasteiger partial charge in [-0.2, -0.15) is 0 Å². The van der Waals surface area contributed by atoms with Crippen LogP contribution in [0.3, 0.4) is 0 Å². The fourth-order valence-electron chi connectivity index (χ4n) is 2.59. The zero-order valence-electron chi connectivity index (χ0n) is 15.2. The zero-order valence-corrected chi connectivity index (χ0v) is 16.8. The number of sulfonamides is 1. The molecule has 2 heterocycles. The predicted molar refractivity (Wildman–Crippen MR) is 111 cm³/mol. The highest BCUT2D eigenvalue weighted by Crippen LogP contribution is 2.25. The number of nitrogens with two attached hydrogens (primary N) is 1. The van der Waals surface area contributed by atoms with E-state index in [2.05, 4.69) is 15.6 Å². The maximum Gasteiger partial charge on any atom is 0.319 e. The first kappa shape index (κ1) is 20.0. The van der Waals surface area contributed by atoms with Gasteiger partial charge in [0.15, 0.2) is 0 Å². The van der Waals surface area contributed by atoms with Crippen LogP contribution in [-0.4, -0.2) is 26.0 Å². The Bertz CT molecular complexity index is 1060. The molecule has 1 aromatic carbocycles. The van der Waals surface area contributed by atoms with Crippen LogP contribution in [0, 0.1) is 6.92 Å². The number of hydrogen-bond donors (Lipinski definition) is 3. The Labute approximate surface area is 167 Å². The Morgan fingerprint density at radius 2 is 1.89 bits per heavy atom. The van der Waals surface area contributed by atoms with Gasteiger partial charge in [-0.3, -0.25) is 4.98 Å². The van der Waals surface area contributed by atoms with E-state index in [1.807, 2.05) is 36.6 Å². The van der Waals surface area contributed by atoms with Crippen LogP contribution in [0.25, 0.3) is 10.6 Å². The van der Waals surface area contributed by atoms with Crippen LogP contribution in [0.1, 0.15) is 11.3 Å². The SMILES string of the molecule is Cc1nc(-c2cccs2)ccc1NC(=O)NCCc1ccc(S(N)(=O)=O)cc1. The summed E-state index contributed by atoms with van der Waals surface area (Å²) in [5, 5.41) is 12.6. The number of urea groups is 1. The van der Waals surface area contributed by atoms with E-state index in [-0.39, 0.29) is 10.9 Å². The number of carbonyl (C=O) groups excluding carboxylic acids is 1. The van der Waals surface area contributed by atoms with Crippen molar-refractivity contribution >= 4 is 33.1 Å². The lowest BCUT2D eigenvalue weighted by atomic mass is 10.1. The number of carbonyl (C=O) groups is 1. The first-order valence-electron chi connectivity index (χ1n) is 8.51. The fraction of sp³-hybridized carbons (Fsp3) is 0.158. The molecule has 3 aromatic rings. The largest absolute Gasteiger partial charge is 0.338 e. The van der Waals surface area contributed by atoms with Crippen molar-refractivity contribution < 1.29 is 13.2 Å². The van der Waals surface area contributed by atoms with E-state index in [0.29, 0.717) is 18.7 Å². The number of anilines is 1. The van der Waals surface area contributed by atoms with Gasteiger partial charge >= 0.3 is 6.03 Å². The van der Waals surface area contributed by atoms with E-state index in [4.69, 9.17) is 5.14 Å². The van der Waals surface area contributed by atoms with Crippen LogP contribution >= 0.6 is 11.3 Å². The second-order valence-corrected chi connectivity index (χ2v) is 8.64. The Morgan fingerprint density at radius 1 is 1.14 bits per heavy atom. The third kappa shape index (κ3) is 5.16. The summed E-state index contributed by atoms with van der Waals surface area (Å²) in [7, 11) is -3.69. The molecule has 2 amide bonds. The monoisotopic (exact) mass is 416 g/mol. The Hall–Kier alpha value is -2.75. The third-order valence-corrected chi connectivity index (χ3v) is 5.88. The number of hydrogen-bond acceptors (Lipinski definition) is 5. The highest BCUT2D eigenvalue weighted by atomic mass is 32.2. The van der Waals surface area contributed by atoms with Gasteiger partial charge in [-0.15, -0.1) is 11.3 Å². The van der Waals surface area contributed by atoms with Crippen LogP contribution in [-0.2, 0) is 16.4 Å². The molecule has 3 rings (SSSR count). The van der Waals surface area contributed by atoms with Gasteiger partial charge in [0.1, 0.15) is 0 Å². The molecule has 0 atom stereocenters. The normalized spacial score (nSPS) is 11.2. The second kappa shape index (κ2) is 8.51. The maximum absolute atomic E-state index is 12.1. The smallest absolute Gasteiger partial charge is 0.319 e. The summed E-state index contributed by atoms with van der Waals surface area (Å²) in [6.07, 6.45) is 0.562. The predicted octanol–water partition coefficient (Wildman–Crippen LogP) is 3.13. The molecule has 2 aromatic heterocycles. The summed E-state index contributed by atoms with van der Waals surface area (Å²) < 4.78 is 22.5. The molecule has 0 radical (unpaired) electrons. The molecule has 7 nitrogen and oxygen atoms in total. The van der Waals surface area contributed by atoms with Crippen molar-refractivity contribution in [2.24, 2.45) is 5.14 Å². The van der Waals surface area contributed by atoms with Gasteiger partial charge in [0.2, 0.25) is 10.0 Å². The van der Waals surface area contributed by atoms with Crippen LogP contribution in [0.4, 0.5) is 10.5 Å². The van der Waals surface area contributed by atoms with Crippen molar-refractivity contribution in [1.29, 1.82) is 0 Å². The number of pyridine rings is 1. The molecule has 0 spiro atoms. The van der Waals surface area contributed by atoms with Crippen molar-refractivity contribution in [2.45, 2.75) is 18.2 Å². The molecule has 0 saturated carbocycles. The van der Waals surface area contributed by atoms with Crippen molar-refractivity contribution in [3.63, 3.8) is 0 Å². The van der Waals surface area contributed by atoms with E-state index >= 15 is 0 Å². The van der Waals surface area contributed by atoms with Crippen LogP contribution in [0.2, 0.25) is 0 Å². The van der Waals surface area contributed by atoms with Gasteiger partial charge in [0.05, 0.1) is 26.8 Å². The molecule has 28 heavy (non-hydrogen) atoms. The molecular weight excluding hydrogens is 396 g/mol. The van der Waals surface area contributed by atoms with E-state index in [0.717, 1.165) is 21.8 Å². The Morgan fingerprint density at radius 3 is 2.50 bits per heavy atom. The number of benzene rings is 1. The molecular formula is C19H20N4O3S2. The summed E-state index contributed by atoms with van der Waals surface area (Å²) in [4.78, 5) is 17.8. The quantitative estimate of drug-likeness (QED) is 0.573. The standard InChI is InChI=1S/C19H20N4O3S2/c1-13-16(8-9-17(22-13)18-3-2-12-27-18)23-19(24)21-11-10-14-4-6-15(7-5-14)28(20,25)26/h2-9,12H,10-11H2,1H3,(H2,20,25,26)(H2,21,23,24). The number of aromatic nitrogens is 1. The lowest BCUT2D eigenvalue weighted by Gasteiger charge is -2.10. The van der Waals surface area contributed by atoms with Crippen LogP contribution in [0.5, 0.6) is 0 Å². The minimum absolute atomic E-state index is 0.0657. The lowest BCUT2D eigenvalue weighted by molar-refractivity contribution is 0.252. The summed E-state index contributed by atoms with van der Waals surface area (Å²) >= 11 is 1.61. The average Bonchev–Trinajstić information content (AvgIpc) is 3.18. The summed E-state index contributed by atoms with van der Waals surface area (Å²) in [5.41, 5.74) is 3.15. The van der Waals surface area contributed by atoms with Crippen molar-refractivity contribution in [2.75, 3.05) is 11.9 Å². The number of nitrogens with zero attached hydrogens (tertiary/aromatic N) is 1. The number of primary sulfonamides is 1. The molecule has 0 aliphatic carbocycles. The van der Waals surface area contributed by atoms with E-state index in [1.54, 1.807) is 23.5 Å². The van der Waals surface area contributed by atoms with Gasteiger partial charge in [-0.05, 0) is 54.6 Å². The number of nitrogens with one attached hydrogen (secondary N) is 2. The van der Waals surface area contributed by atoms with Gasteiger partial charge < -0.3 is 10.6 Å². The summed E-state index contributed by atoms with van der Waals surface area (Å²) in [6, 6.07) is 13.6. The minimum Gasteiger partial charge on any atom is -0.338 e. The molecule has 4 N–H and O–H groups in total. The number of thiophene rings is 1. The van der Waals surface area contributed by atoms with Crippen molar-refractivity contribution in [1.82, 2.24) is 10.3 Å². The number of rotatable bonds is 6. The second-order valence-electron chi connectivity index (χ2n) is 6.13. The molecule has 0 aliphatic rings. The van der Waals surface area contributed by atoms with Crippen LogP contribution < -0.4 is 15.8 Å². The van der Waals surface area contributed by atoms with Crippen molar-refractivity contribution in [3.05, 3.63) is 65.2 Å². The number of amides is 2. The third-order valence-electron chi connectivity index (χ3n) is 4.06. The van der Waals surface area contributed by atoms with Gasteiger partial charge in [-0.1, -0.05) is 18.2 Å². The molecule has 0 unspecified atom stereocenters. The molecule has 9 heteroatoms. The lowest BCUT2D eigenvalue weighted by Crippen LogP contribution is -2.30. The van der Waals surface area contributed by atoms with Gasteiger partial charge in [0, 0.05) is 6.54 Å². The molecule has 0 fully saturated rings.